The summed E-state index contributed by atoms with van der Waals surface area (Å²) in [6.45, 7) is 0. The van der Waals surface area contributed by atoms with E-state index in [1.807, 2.05) is 0 Å². The van der Waals surface area contributed by atoms with Gasteiger partial charge in [0.15, 0.2) is 0 Å². The minimum Gasteiger partial charge on any atom is -0.481 e. The SMILES string of the molecule is O=C(O)CCSC1C/C=C\C=C/Cc2ccccc21. The molecule has 1 aliphatic carbocycles. The second kappa shape index (κ2) is 7.19. The fourth-order valence-corrected chi connectivity index (χ4v) is 3.40. The van der Waals surface area contributed by atoms with Gasteiger partial charge < -0.3 is 5.11 Å². The Morgan fingerprint density at radius 1 is 1.26 bits per heavy atom. The predicted octanol–water partition coefficient (Wildman–Crippen LogP) is 3.99. The first-order valence-electron chi connectivity index (χ1n) is 6.50. The highest BCUT2D eigenvalue weighted by atomic mass is 32.2. The van der Waals surface area contributed by atoms with E-state index in [1.165, 1.54) is 11.1 Å². The zero-order valence-corrected chi connectivity index (χ0v) is 11.6. The lowest BCUT2D eigenvalue weighted by Gasteiger charge is -2.18. The summed E-state index contributed by atoms with van der Waals surface area (Å²) in [6, 6.07) is 8.46. The Morgan fingerprint density at radius 3 is 2.89 bits per heavy atom. The van der Waals surface area contributed by atoms with E-state index in [-0.39, 0.29) is 6.42 Å². The number of hydrogen-bond donors (Lipinski definition) is 1. The number of benzene rings is 1. The maximum atomic E-state index is 10.6. The van der Waals surface area contributed by atoms with Gasteiger partial charge in [-0.15, -0.1) is 0 Å². The van der Waals surface area contributed by atoms with Gasteiger partial charge in [-0.25, -0.2) is 0 Å². The Hall–Kier alpha value is -1.48. The highest BCUT2D eigenvalue weighted by Gasteiger charge is 2.15. The Morgan fingerprint density at radius 2 is 2.05 bits per heavy atom. The van der Waals surface area contributed by atoms with Crippen LogP contribution in [0.15, 0.2) is 48.6 Å². The standard InChI is InChI=1S/C16H18O2S/c17-16(18)11-12-19-15-10-4-2-1-3-7-13-8-5-6-9-14(13)15/h1-6,8-9,15H,7,10-12H2,(H,17,18)/b3-1-,4-2-. The van der Waals surface area contributed by atoms with Crippen molar-refractivity contribution in [2.75, 3.05) is 5.75 Å². The summed E-state index contributed by atoms with van der Waals surface area (Å²) in [6.07, 6.45) is 10.6. The molecule has 1 unspecified atom stereocenters. The number of thioether (sulfide) groups is 1. The Balaban J connectivity index is 2.14. The summed E-state index contributed by atoms with van der Waals surface area (Å²) < 4.78 is 0. The van der Waals surface area contributed by atoms with E-state index in [2.05, 4.69) is 48.6 Å². The Kier molecular flexibility index (Phi) is 5.28. The molecule has 0 bridgehead atoms. The van der Waals surface area contributed by atoms with E-state index >= 15 is 0 Å². The van der Waals surface area contributed by atoms with Crippen molar-refractivity contribution in [2.45, 2.75) is 24.5 Å². The fourth-order valence-electron chi connectivity index (χ4n) is 2.16. The number of hydrogen-bond acceptors (Lipinski definition) is 2. The molecule has 1 N–H and O–H groups in total. The maximum absolute atomic E-state index is 10.6. The molecule has 0 fully saturated rings. The van der Waals surface area contributed by atoms with E-state index in [4.69, 9.17) is 5.11 Å². The summed E-state index contributed by atoms with van der Waals surface area (Å²) >= 11 is 1.74. The summed E-state index contributed by atoms with van der Waals surface area (Å²) in [5.74, 6) is -0.0589. The van der Waals surface area contributed by atoms with E-state index in [9.17, 15) is 4.79 Å². The van der Waals surface area contributed by atoms with Crippen LogP contribution in [0.2, 0.25) is 0 Å². The van der Waals surface area contributed by atoms with E-state index in [0.29, 0.717) is 11.0 Å². The number of aliphatic carboxylic acids is 1. The third-order valence-electron chi connectivity index (χ3n) is 3.11. The van der Waals surface area contributed by atoms with Crippen LogP contribution < -0.4 is 0 Å². The van der Waals surface area contributed by atoms with Crippen molar-refractivity contribution in [3.05, 3.63) is 59.7 Å². The van der Waals surface area contributed by atoms with Gasteiger partial charge in [0, 0.05) is 11.0 Å². The lowest BCUT2D eigenvalue weighted by Crippen LogP contribution is -2.02. The Bertz CT molecular complexity index is 491. The third kappa shape index (κ3) is 4.28. The quantitative estimate of drug-likeness (QED) is 0.902. The molecule has 0 saturated heterocycles. The first kappa shape index (κ1) is 13.9. The van der Waals surface area contributed by atoms with Crippen molar-refractivity contribution in [2.24, 2.45) is 0 Å². The summed E-state index contributed by atoms with van der Waals surface area (Å²) in [7, 11) is 0. The van der Waals surface area contributed by atoms with Crippen LogP contribution in [0.3, 0.4) is 0 Å². The number of rotatable bonds is 4. The summed E-state index contributed by atoms with van der Waals surface area (Å²) in [5.41, 5.74) is 2.68. The first-order chi connectivity index (χ1) is 9.27. The van der Waals surface area contributed by atoms with Crippen molar-refractivity contribution in [3.8, 4) is 0 Å². The number of fused-ring (bicyclic) bond motifs is 1. The minimum atomic E-state index is -0.721. The molecule has 1 aromatic rings. The molecular formula is C16H18O2S. The zero-order chi connectivity index (χ0) is 13.5. The third-order valence-corrected chi connectivity index (χ3v) is 4.40. The molecule has 1 aliphatic rings. The van der Waals surface area contributed by atoms with Gasteiger partial charge >= 0.3 is 5.97 Å². The van der Waals surface area contributed by atoms with Gasteiger partial charge in [0.25, 0.3) is 0 Å². The smallest absolute Gasteiger partial charge is 0.304 e. The van der Waals surface area contributed by atoms with Crippen LogP contribution in [0.1, 0.15) is 29.2 Å². The molecule has 0 aromatic heterocycles. The monoisotopic (exact) mass is 274 g/mol. The van der Waals surface area contributed by atoms with Gasteiger partial charge in [0.1, 0.15) is 0 Å². The average Bonchev–Trinajstić information content (AvgIpc) is 2.49. The molecule has 19 heavy (non-hydrogen) atoms. The fraction of sp³-hybridized carbons (Fsp3) is 0.312. The summed E-state index contributed by atoms with van der Waals surface area (Å²) in [5, 5.41) is 9.10. The van der Waals surface area contributed by atoms with Crippen molar-refractivity contribution < 1.29 is 9.90 Å². The van der Waals surface area contributed by atoms with Gasteiger partial charge in [-0.3, -0.25) is 4.79 Å². The first-order valence-corrected chi connectivity index (χ1v) is 7.55. The van der Waals surface area contributed by atoms with E-state index in [0.717, 1.165) is 12.8 Å². The molecule has 2 nitrogen and oxygen atoms in total. The maximum Gasteiger partial charge on any atom is 0.304 e. The van der Waals surface area contributed by atoms with Crippen molar-refractivity contribution >= 4 is 17.7 Å². The van der Waals surface area contributed by atoms with Gasteiger partial charge in [-0.05, 0) is 24.0 Å². The lowest BCUT2D eigenvalue weighted by atomic mass is 10.0. The normalized spacial score (nSPS) is 21.6. The van der Waals surface area contributed by atoms with E-state index in [1.54, 1.807) is 11.8 Å². The van der Waals surface area contributed by atoms with Crippen LogP contribution in [0, 0.1) is 0 Å². The van der Waals surface area contributed by atoms with Crippen LogP contribution in [0.25, 0.3) is 0 Å². The van der Waals surface area contributed by atoms with Crippen LogP contribution >= 0.6 is 11.8 Å². The molecule has 3 heteroatoms. The van der Waals surface area contributed by atoms with Crippen LogP contribution in [-0.4, -0.2) is 16.8 Å². The number of allylic oxidation sites excluding steroid dienone is 4. The molecule has 0 saturated carbocycles. The molecule has 2 rings (SSSR count). The van der Waals surface area contributed by atoms with Gasteiger partial charge in [0.05, 0.1) is 6.42 Å². The van der Waals surface area contributed by atoms with Crippen molar-refractivity contribution in [3.63, 3.8) is 0 Å². The van der Waals surface area contributed by atoms with Crippen molar-refractivity contribution in [1.29, 1.82) is 0 Å². The molecular weight excluding hydrogens is 256 g/mol. The van der Waals surface area contributed by atoms with Gasteiger partial charge in [0.2, 0.25) is 0 Å². The van der Waals surface area contributed by atoms with Gasteiger partial charge in [-0.1, -0.05) is 48.6 Å². The molecule has 100 valence electrons. The predicted molar refractivity (Wildman–Crippen MR) is 80.5 cm³/mol. The second-order valence-electron chi connectivity index (χ2n) is 4.50. The number of carbonyl (C=O) groups is 1. The largest absolute Gasteiger partial charge is 0.481 e. The zero-order valence-electron chi connectivity index (χ0n) is 10.8. The minimum absolute atomic E-state index is 0.227. The molecule has 1 atom stereocenters. The van der Waals surface area contributed by atoms with Gasteiger partial charge in [-0.2, -0.15) is 11.8 Å². The second-order valence-corrected chi connectivity index (χ2v) is 5.81. The molecule has 0 radical (unpaired) electrons. The molecule has 1 aromatic carbocycles. The van der Waals surface area contributed by atoms with Crippen molar-refractivity contribution in [1.82, 2.24) is 0 Å². The highest BCUT2D eigenvalue weighted by Crippen LogP contribution is 2.35. The molecule has 0 heterocycles. The topological polar surface area (TPSA) is 37.3 Å². The van der Waals surface area contributed by atoms with Crippen LogP contribution in [0.4, 0.5) is 0 Å². The Labute approximate surface area is 118 Å². The average molecular weight is 274 g/mol. The van der Waals surface area contributed by atoms with Crippen LogP contribution in [0.5, 0.6) is 0 Å². The molecule has 0 aliphatic heterocycles. The van der Waals surface area contributed by atoms with Crippen LogP contribution in [-0.2, 0) is 11.2 Å². The lowest BCUT2D eigenvalue weighted by molar-refractivity contribution is -0.136. The molecule has 0 amide bonds. The van der Waals surface area contributed by atoms with E-state index < -0.39 is 5.97 Å². The highest BCUT2D eigenvalue weighted by molar-refractivity contribution is 7.99. The number of carboxylic acids is 1. The summed E-state index contributed by atoms with van der Waals surface area (Å²) in [4.78, 5) is 10.6. The number of carboxylic acid groups (broad SMARTS) is 1. The molecule has 0 spiro atoms.